The number of anilines is 1. The molecule has 1 N–H and O–H groups in total. The highest BCUT2D eigenvalue weighted by Crippen LogP contribution is 2.40. The maximum atomic E-state index is 12.6. The van der Waals surface area contributed by atoms with Gasteiger partial charge in [-0.25, -0.2) is 4.79 Å². The van der Waals surface area contributed by atoms with Crippen molar-refractivity contribution in [2.24, 2.45) is 0 Å². The minimum atomic E-state index is -0.392. The maximum Gasteiger partial charge on any atom is 0.341 e. The zero-order valence-electron chi connectivity index (χ0n) is 17.0. The first-order valence-corrected chi connectivity index (χ1v) is 11.6. The van der Waals surface area contributed by atoms with E-state index < -0.39 is 5.97 Å². The molecule has 0 unspecified atom stereocenters. The molecule has 0 radical (unpaired) electrons. The largest absolute Gasteiger partial charge is 0.462 e. The van der Waals surface area contributed by atoms with Crippen molar-refractivity contribution in [3.05, 3.63) is 34.5 Å². The van der Waals surface area contributed by atoms with Gasteiger partial charge in [0.05, 0.1) is 17.9 Å². The fraction of sp³-hybridized carbons (Fsp3) is 0.500. The Bertz CT molecular complexity index is 915. The van der Waals surface area contributed by atoms with E-state index in [2.05, 4.69) is 22.1 Å². The number of aromatic nitrogens is 3. The van der Waals surface area contributed by atoms with Crippen molar-refractivity contribution in [3.63, 3.8) is 0 Å². The van der Waals surface area contributed by atoms with Crippen LogP contribution in [0.25, 0.3) is 0 Å². The summed E-state index contributed by atoms with van der Waals surface area (Å²) in [7, 11) is 0. The second-order valence-electron chi connectivity index (χ2n) is 6.77. The second-order valence-corrected chi connectivity index (χ2v) is 8.93. The predicted molar refractivity (Wildman–Crippen MR) is 116 cm³/mol. The van der Waals surface area contributed by atoms with Crippen molar-refractivity contribution in [1.29, 1.82) is 0 Å². The lowest BCUT2D eigenvalue weighted by Crippen LogP contribution is -2.17. The second kappa shape index (κ2) is 9.58. The Morgan fingerprint density at radius 3 is 2.76 bits per heavy atom. The third kappa shape index (κ3) is 4.90. The molecule has 1 saturated carbocycles. The van der Waals surface area contributed by atoms with Gasteiger partial charge in [0.15, 0.2) is 5.16 Å². The normalized spacial score (nSPS) is 13.3. The number of nitrogens with one attached hydrogen (secondary N) is 1. The molecule has 0 atom stereocenters. The van der Waals surface area contributed by atoms with Gasteiger partial charge in [0.2, 0.25) is 5.91 Å². The van der Waals surface area contributed by atoms with E-state index in [0.29, 0.717) is 41.2 Å². The third-order valence-electron chi connectivity index (χ3n) is 4.63. The minimum Gasteiger partial charge on any atom is -0.462 e. The van der Waals surface area contributed by atoms with Gasteiger partial charge in [-0.15, -0.1) is 28.1 Å². The summed E-state index contributed by atoms with van der Waals surface area (Å²) in [4.78, 5) is 26.0. The molecule has 9 heteroatoms. The van der Waals surface area contributed by atoms with Crippen molar-refractivity contribution in [2.45, 2.75) is 57.7 Å². The molecule has 1 aliphatic rings. The molecule has 3 rings (SSSR count). The molecule has 0 saturated heterocycles. The summed E-state index contributed by atoms with van der Waals surface area (Å²) in [6, 6.07) is 0. The standard InChI is InChI=1S/C20H26N4O3S2/c1-5-10-24-17(13-8-9-13)22-23-20(24)28-11-15(25)21-18-16(19(26)27-7-3)14(6-2)12(4)29-18/h5,13H,1,6-11H2,2-4H3,(H,21,25). The van der Waals surface area contributed by atoms with Crippen molar-refractivity contribution in [1.82, 2.24) is 14.8 Å². The average molecular weight is 435 g/mol. The number of thioether (sulfide) groups is 1. The molecule has 1 fully saturated rings. The van der Waals surface area contributed by atoms with Gasteiger partial charge in [-0.3, -0.25) is 4.79 Å². The lowest BCUT2D eigenvalue weighted by atomic mass is 10.1. The number of nitrogens with zero attached hydrogens (tertiary/aromatic N) is 3. The molecule has 1 aliphatic carbocycles. The van der Waals surface area contributed by atoms with Gasteiger partial charge < -0.3 is 14.6 Å². The predicted octanol–water partition coefficient (Wildman–Crippen LogP) is 4.18. The summed E-state index contributed by atoms with van der Waals surface area (Å²) < 4.78 is 7.21. The summed E-state index contributed by atoms with van der Waals surface area (Å²) in [6.45, 7) is 10.4. The zero-order chi connectivity index (χ0) is 21.0. The Balaban J connectivity index is 1.70. The smallest absolute Gasteiger partial charge is 0.341 e. The third-order valence-corrected chi connectivity index (χ3v) is 6.66. The van der Waals surface area contributed by atoms with Gasteiger partial charge >= 0.3 is 5.97 Å². The molecular formula is C20H26N4O3S2. The van der Waals surface area contributed by atoms with Crippen LogP contribution < -0.4 is 5.32 Å². The number of thiophene rings is 1. The fourth-order valence-electron chi connectivity index (χ4n) is 3.16. The average Bonchev–Trinajstić information content (AvgIpc) is 3.38. The van der Waals surface area contributed by atoms with E-state index in [1.807, 2.05) is 24.5 Å². The number of allylic oxidation sites excluding steroid dienone is 1. The van der Waals surface area contributed by atoms with E-state index in [1.165, 1.54) is 23.1 Å². The van der Waals surface area contributed by atoms with Crippen molar-refractivity contribution in [2.75, 3.05) is 17.7 Å². The first kappa shape index (κ1) is 21.6. The molecule has 0 aliphatic heterocycles. The maximum absolute atomic E-state index is 12.6. The topological polar surface area (TPSA) is 86.1 Å². The molecule has 0 bridgehead atoms. The summed E-state index contributed by atoms with van der Waals surface area (Å²) in [5.41, 5.74) is 1.40. The highest BCUT2D eigenvalue weighted by molar-refractivity contribution is 7.99. The highest BCUT2D eigenvalue weighted by atomic mass is 32.2. The summed E-state index contributed by atoms with van der Waals surface area (Å²) in [6.07, 6.45) is 4.78. The first-order chi connectivity index (χ1) is 14.0. The van der Waals surface area contributed by atoms with Crippen LogP contribution in [0.4, 0.5) is 5.00 Å². The van der Waals surface area contributed by atoms with Crippen LogP contribution >= 0.6 is 23.1 Å². The molecule has 2 aromatic heterocycles. The van der Waals surface area contributed by atoms with Crippen LogP contribution in [0, 0.1) is 6.92 Å². The van der Waals surface area contributed by atoms with Crippen LogP contribution in [0.5, 0.6) is 0 Å². The van der Waals surface area contributed by atoms with Crippen LogP contribution in [-0.4, -0.2) is 39.0 Å². The van der Waals surface area contributed by atoms with Gasteiger partial charge in [0.25, 0.3) is 0 Å². The first-order valence-electron chi connectivity index (χ1n) is 9.76. The summed E-state index contributed by atoms with van der Waals surface area (Å²) in [5, 5.41) is 12.7. The van der Waals surface area contributed by atoms with Gasteiger partial charge in [-0.05, 0) is 38.7 Å². The number of rotatable bonds is 10. The Hall–Kier alpha value is -2.13. The molecule has 7 nitrogen and oxygen atoms in total. The van der Waals surface area contributed by atoms with Crippen LogP contribution in [0.2, 0.25) is 0 Å². The molecule has 2 aromatic rings. The SMILES string of the molecule is C=CCn1c(SCC(=O)Nc2sc(C)c(CC)c2C(=O)OCC)nnc1C1CC1. The molecule has 0 spiro atoms. The van der Waals surface area contributed by atoms with E-state index in [1.54, 1.807) is 6.92 Å². The Morgan fingerprint density at radius 1 is 1.38 bits per heavy atom. The number of ether oxygens (including phenoxy) is 1. The van der Waals surface area contributed by atoms with Crippen LogP contribution in [0.1, 0.15) is 59.2 Å². The van der Waals surface area contributed by atoms with E-state index in [0.717, 1.165) is 29.1 Å². The molecular weight excluding hydrogens is 408 g/mol. The van der Waals surface area contributed by atoms with Crippen LogP contribution in [-0.2, 0) is 22.5 Å². The van der Waals surface area contributed by atoms with Crippen LogP contribution in [0.3, 0.4) is 0 Å². The molecule has 1 amide bonds. The quantitative estimate of drug-likeness (QED) is 0.343. The number of carbonyl (C=O) groups excluding carboxylic acids is 2. The summed E-state index contributed by atoms with van der Waals surface area (Å²) >= 11 is 2.75. The van der Waals surface area contributed by atoms with Crippen LogP contribution in [0.15, 0.2) is 17.8 Å². The Labute approximate surface area is 178 Å². The number of hydrogen-bond acceptors (Lipinski definition) is 7. The van der Waals surface area contributed by atoms with Crippen molar-refractivity contribution in [3.8, 4) is 0 Å². The fourth-order valence-corrected chi connectivity index (χ4v) is 5.06. The Kier molecular flexibility index (Phi) is 7.13. The number of hydrogen-bond donors (Lipinski definition) is 1. The number of esters is 1. The molecule has 156 valence electrons. The van der Waals surface area contributed by atoms with Crippen molar-refractivity contribution < 1.29 is 14.3 Å². The monoisotopic (exact) mass is 434 g/mol. The Morgan fingerprint density at radius 2 is 2.14 bits per heavy atom. The lowest BCUT2D eigenvalue weighted by Gasteiger charge is -2.09. The molecule has 0 aromatic carbocycles. The van der Waals surface area contributed by atoms with Gasteiger partial charge in [0.1, 0.15) is 10.8 Å². The highest BCUT2D eigenvalue weighted by Gasteiger charge is 2.30. The van der Waals surface area contributed by atoms with Gasteiger partial charge in [-0.1, -0.05) is 24.8 Å². The summed E-state index contributed by atoms with van der Waals surface area (Å²) in [5.74, 6) is 1.04. The van der Waals surface area contributed by atoms with Crippen molar-refractivity contribution >= 4 is 40.0 Å². The number of amides is 1. The minimum absolute atomic E-state index is 0.181. The zero-order valence-corrected chi connectivity index (χ0v) is 18.6. The number of aryl methyl sites for hydroxylation is 1. The molecule has 29 heavy (non-hydrogen) atoms. The van der Waals surface area contributed by atoms with E-state index in [4.69, 9.17) is 4.74 Å². The van der Waals surface area contributed by atoms with E-state index in [-0.39, 0.29) is 11.7 Å². The molecule has 2 heterocycles. The van der Waals surface area contributed by atoms with Gasteiger partial charge in [0, 0.05) is 17.3 Å². The van der Waals surface area contributed by atoms with Gasteiger partial charge in [-0.2, -0.15) is 0 Å². The van der Waals surface area contributed by atoms with E-state index >= 15 is 0 Å². The van der Waals surface area contributed by atoms with E-state index in [9.17, 15) is 9.59 Å². The lowest BCUT2D eigenvalue weighted by molar-refractivity contribution is -0.113. The number of carbonyl (C=O) groups is 2.